The number of carbonyl (C=O) groups excluding carboxylic acids is 3. The minimum absolute atomic E-state index is 0.0466. The lowest BCUT2D eigenvalue weighted by atomic mass is 10.2. The van der Waals surface area contributed by atoms with Gasteiger partial charge < -0.3 is 21.3 Å². The van der Waals surface area contributed by atoms with Crippen LogP contribution >= 0.6 is 0 Å². The van der Waals surface area contributed by atoms with Gasteiger partial charge in [0.1, 0.15) is 5.82 Å². The molecule has 5 amide bonds. The summed E-state index contributed by atoms with van der Waals surface area (Å²) < 4.78 is 13.5. The minimum Gasteiger partial charge on any atom is -0.350 e. The van der Waals surface area contributed by atoms with Crippen molar-refractivity contribution in [2.24, 2.45) is 0 Å². The monoisotopic (exact) mass is 385 g/mol. The van der Waals surface area contributed by atoms with Gasteiger partial charge in [-0.1, -0.05) is 18.2 Å². The number of halogens is 1. The summed E-state index contributed by atoms with van der Waals surface area (Å²) in [5.41, 5.74) is 1.17. The summed E-state index contributed by atoms with van der Waals surface area (Å²) in [5, 5.41) is 10.5. The molecule has 9 heteroatoms. The van der Waals surface area contributed by atoms with Crippen molar-refractivity contribution in [3.63, 3.8) is 0 Å². The molecule has 0 atom stereocenters. The molecule has 1 aliphatic heterocycles. The number of rotatable bonds is 6. The first-order valence-corrected chi connectivity index (χ1v) is 8.77. The standard InChI is InChI=1S/C19H20FN5O3/c20-16-7-2-1-6-15(16)17(26)21-8-9-22-18(27)24-13-4-3-5-14(12-13)25-11-10-23-19(25)28/h1-7,12H,8-11H2,(H,21,26)(H,23,28)(H2,22,24,27). The highest BCUT2D eigenvalue weighted by atomic mass is 19.1. The van der Waals surface area contributed by atoms with Gasteiger partial charge in [0.2, 0.25) is 0 Å². The fraction of sp³-hybridized carbons (Fsp3) is 0.211. The molecule has 1 fully saturated rings. The smallest absolute Gasteiger partial charge is 0.321 e. The number of nitrogens with zero attached hydrogens (tertiary/aromatic N) is 1. The third-order valence-electron chi connectivity index (χ3n) is 4.09. The summed E-state index contributed by atoms with van der Waals surface area (Å²) in [5.74, 6) is -1.14. The van der Waals surface area contributed by atoms with E-state index < -0.39 is 17.8 Å². The molecule has 0 spiro atoms. The van der Waals surface area contributed by atoms with Crippen LogP contribution in [0.25, 0.3) is 0 Å². The van der Waals surface area contributed by atoms with Crippen LogP contribution in [-0.4, -0.2) is 44.1 Å². The maximum Gasteiger partial charge on any atom is 0.321 e. The highest BCUT2D eigenvalue weighted by molar-refractivity contribution is 5.96. The Morgan fingerprint density at radius 2 is 1.86 bits per heavy atom. The average molecular weight is 385 g/mol. The molecule has 8 nitrogen and oxygen atoms in total. The Balaban J connectivity index is 1.44. The molecule has 0 bridgehead atoms. The number of hydrogen-bond acceptors (Lipinski definition) is 3. The van der Waals surface area contributed by atoms with Crippen molar-refractivity contribution in [3.8, 4) is 0 Å². The molecule has 0 unspecified atom stereocenters. The molecule has 0 radical (unpaired) electrons. The number of urea groups is 2. The first-order chi connectivity index (χ1) is 13.5. The SMILES string of the molecule is O=C(NCCNC(=O)c1ccccc1F)Nc1cccc(N2CCNC2=O)c1. The first-order valence-electron chi connectivity index (χ1n) is 8.77. The zero-order valence-electron chi connectivity index (χ0n) is 15.0. The van der Waals surface area contributed by atoms with Gasteiger partial charge in [-0.15, -0.1) is 0 Å². The van der Waals surface area contributed by atoms with E-state index in [2.05, 4.69) is 21.3 Å². The summed E-state index contributed by atoms with van der Waals surface area (Å²) in [7, 11) is 0. The van der Waals surface area contributed by atoms with Gasteiger partial charge in [-0.2, -0.15) is 0 Å². The van der Waals surface area contributed by atoms with Crippen LogP contribution < -0.4 is 26.2 Å². The topological polar surface area (TPSA) is 103 Å². The average Bonchev–Trinajstić information content (AvgIpc) is 3.11. The Morgan fingerprint density at radius 1 is 1.07 bits per heavy atom. The molecule has 0 aliphatic carbocycles. The van der Waals surface area contributed by atoms with Crippen molar-refractivity contribution < 1.29 is 18.8 Å². The largest absolute Gasteiger partial charge is 0.350 e. The van der Waals surface area contributed by atoms with Crippen LogP contribution in [0.3, 0.4) is 0 Å². The molecule has 4 N–H and O–H groups in total. The number of hydrogen-bond donors (Lipinski definition) is 4. The highest BCUT2D eigenvalue weighted by Gasteiger charge is 2.21. The maximum atomic E-state index is 13.5. The van der Waals surface area contributed by atoms with E-state index in [-0.39, 0.29) is 24.7 Å². The Hall–Kier alpha value is -3.62. The molecule has 28 heavy (non-hydrogen) atoms. The van der Waals surface area contributed by atoms with E-state index in [1.165, 1.54) is 18.2 Å². The minimum atomic E-state index is -0.600. The van der Waals surface area contributed by atoms with Crippen LogP contribution in [0.4, 0.5) is 25.4 Å². The van der Waals surface area contributed by atoms with Crippen LogP contribution in [0.1, 0.15) is 10.4 Å². The normalized spacial score (nSPS) is 13.0. The van der Waals surface area contributed by atoms with Crippen LogP contribution in [0.15, 0.2) is 48.5 Å². The zero-order valence-corrected chi connectivity index (χ0v) is 15.0. The van der Waals surface area contributed by atoms with E-state index in [9.17, 15) is 18.8 Å². The second-order valence-corrected chi connectivity index (χ2v) is 6.05. The summed E-state index contributed by atoms with van der Waals surface area (Å²) in [6.45, 7) is 1.46. The Morgan fingerprint density at radius 3 is 2.61 bits per heavy atom. The quantitative estimate of drug-likeness (QED) is 0.571. The van der Waals surface area contributed by atoms with Crippen LogP contribution in [0.5, 0.6) is 0 Å². The Labute approximate surface area is 161 Å². The van der Waals surface area contributed by atoms with Crippen LogP contribution in [0, 0.1) is 5.82 Å². The number of amides is 5. The molecule has 1 heterocycles. The molecule has 0 saturated carbocycles. The lowest BCUT2D eigenvalue weighted by molar-refractivity contribution is 0.0950. The van der Waals surface area contributed by atoms with Gasteiger partial charge >= 0.3 is 12.1 Å². The van der Waals surface area contributed by atoms with E-state index in [0.29, 0.717) is 24.5 Å². The highest BCUT2D eigenvalue weighted by Crippen LogP contribution is 2.20. The maximum absolute atomic E-state index is 13.5. The second kappa shape index (κ2) is 8.85. The van der Waals surface area contributed by atoms with Crippen molar-refractivity contribution >= 4 is 29.3 Å². The fourth-order valence-corrected chi connectivity index (χ4v) is 2.74. The first kappa shape index (κ1) is 19.2. The van der Waals surface area contributed by atoms with Crippen molar-refractivity contribution in [2.75, 3.05) is 36.4 Å². The molecule has 2 aromatic carbocycles. The third kappa shape index (κ3) is 4.76. The van der Waals surface area contributed by atoms with E-state index in [0.717, 1.165) is 0 Å². The van der Waals surface area contributed by atoms with Crippen LogP contribution in [0.2, 0.25) is 0 Å². The number of carbonyl (C=O) groups is 3. The van der Waals surface area contributed by atoms with Gasteiger partial charge in [0.05, 0.1) is 5.56 Å². The summed E-state index contributed by atoms with van der Waals surface area (Å²) in [6.07, 6.45) is 0. The zero-order chi connectivity index (χ0) is 19.9. The molecule has 2 aromatic rings. The number of benzene rings is 2. The lowest BCUT2D eigenvalue weighted by Crippen LogP contribution is -2.37. The summed E-state index contributed by atoms with van der Waals surface area (Å²) >= 11 is 0. The Bertz CT molecular complexity index is 889. The van der Waals surface area contributed by atoms with Crippen molar-refractivity contribution in [1.82, 2.24) is 16.0 Å². The fourth-order valence-electron chi connectivity index (χ4n) is 2.74. The second-order valence-electron chi connectivity index (χ2n) is 6.05. The van der Waals surface area contributed by atoms with Crippen molar-refractivity contribution in [1.29, 1.82) is 0 Å². The Kier molecular flexibility index (Phi) is 6.05. The predicted octanol–water partition coefficient (Wildman–Crippen LogP) is 1.91. The van der Waals surface area contributed by atoms with Crippen LogP contribution in [-0.2, 0) is 0 Å². The van der Waals surface area contributed by atoms with E-state index in [1.54, 1.807) is 35.2 Å². The van der Waals surface area contributed by atoms with Gasteiger partial charge in [0.15, 0.2) is 0 Å². The number of nitrogens with one attached hydrogen (secondary N) is 4. The summed E-state index contributed by atoms with van der Waals surface area (Å²) in [4.78, 5) is 37.2. The predicted molar refractivity (Wildman–Crippen MR) is 103 cm³/mol. The van der Waals surface area contributed by atoms with Gasteiger partial charge in [-0.3, -0.25) is 9.69 Å². The molecular formula is C19H20FN5O3. The van der Waals surface area contributed by atoms with Gasteiger partial charge in [-0.25, -0.2) is 14.0 Å². The van der Waals surface area contributed by atoms with E-state index in [1.807, 2.05) is 0 Å². The number of anilines is 2. The molecule has 146 valence electrons. The van der Waals surface area contributed by atoms with Crippen molar-refractivity contribution in [3.05, 3.63) is 59.9 Å². The van der Waals surface area contributed by atoms with Gasteiger partial charge in [-0.05, 0) is 30.3 Å². The van der Waals surface area contributed by atoms with E-state index in [4.69, 9.17) is 0 Å². The molecule has 0 aromatic heterocycles. The van der Waals surface area contributed by atoms with Gasteiger partial charge in [0, 0.05) is 37.6 Å². The van der Waals surface area contributed by atoms with E-state index >= 15 is 0 Å². The van der Waals surface area contributed by atoms with Crippen molar-refractivity contribution in [2.45, 2.75) is 0 Å². The lowest BCUT2D eigenvalue weighted by Gasteiger charge is -2.15. The third-order valence-corrected chi connectivity index (χ3v) is 4.09. The molecule has 1 aliphatic rings. The van der Waals surface area contributed by atoms with Gasteiger partial charge in [0.25, 0.3) is 5.91 Å². The molecule has 3 rings (SSSR count). The molecule has 1 saturated heterocycles. The molecular weight excluding hydrogens is 365 g/mol. The summed E-state index contributed by atoms with van der Waals surface area (Å²) in [6, 6.07) is 12.0.